The zero-order chi connectivity index (χ0) is 68.1. The first-order valence-corrected chi connectivity index (χ1v) is 41.4. The lowest BCUT2D eigenvalue weighted by Crippen LogP contribution is -2.06. The summed E-state index contributed by atoms with van der Waals surface area (Å²) in [5.74, 6) is 6.70. The first-order valence-electron chi connectivity index (χ1n) is 33.5. The van der Waals surface area contributed by atoms with E-state index in [1.165, 1.54) is 0 Å². The first-order chi connectivity index (χ1) is 47.5. The van der Waals surface area contributed by atoms with Gasteiger partial charge in [-0.15, -0.1) is 94.1 Å². The van der Waals surface area contributed by atoms with Gasteiger partial charge >= 0.3 is 0 Å². The summed E-state index contributed by atoms with van der Waals surface area (Å²) in [5, 5.41) is 0. The monoisotopic (exact) mass is 1500 g/mol. The fourth-order valence-electron chi connectivity index (χ4n) is 8.32. The van der Waals surface area contributed by atoms with Gasteiger partial charge < -0.3 is 85.8 Å². The number of nitrogens with zero attached hydrogens (tertiary/aromatic N) is 6. The van der Waals surface area contributed by atoms with Crippen molar-refractivity contribution in [1.29, 1.82) is 0 Å². The maximum atomic E-state index is 6.14. The third-order valence-corrected chi connectivity index (χ3v) is 21.6. The number of nitrogens with one attached hydrogen (secondary N) is 2. The summed E-state index contributed by atoms with van der Waals surface area (Å²) in [6.45, 7) is 32.3. The first kappa shape index (κ1) is 85.1. The molecule has 8 bridgehead atoms. The molecule has 0 fully saturated rings. The quantitative estimate of drug-likeness (QED) is 0.0393. The van der Waals surface area contributed by atoms with Gasteiger partial charge in [0.05, 0.1) is 198 Å². The molecule has 5 heterocycles. The number of thioether (sulfide) groups is 8. The van der Waals surface area contributed by atoms with Crippen molar-refractivity contribution in [2.75, 3.05) is 257 Å². The van der Waals surface area contributed by atoms with E-state index in [1.54, 1.807) is 94.1 Å². The smallest absolute Gasteiger partial charge is 0.171 e. The molecule has 0 saturated carbocycles. The van der Waals surface area contributed by atoms with Crippen LogP contribution < -0.4 is 0 Å². The molecule has 3 aromatic heterocycles. The Kier molecular flexibility index (Phi) is 50.5. The summed E-state index contributed by atoms with van der Waals surface area (Å²) in [6.07, 6.45) is 0. The lowest BCUT2D eigenvalue weighted by atomic mass is 10.4. The average Bonchev–Trinajstić information content (AvgIpc) is 1.62. The summed E-state index contributed by atoms with van der Waals surface area (Å²) < 4.78 is 94.1. The molecule has 0 radical (unpaired) electrons. The second kappa shape index (κ2) is 57.0. The standard InChI is InChI=1S/C64H106N8O16S8/c1-9-73-17-25-81-33-41-89-49-50(90-42-34-82-26-18-74-10-2)58-65-57(49)69-59-51(91-43-35-83-27-19-75-11-3)52(92-44-36-84-28-20-76-12-4)61(66-59)71-63-55(95-47-39-87-31-23-79-15-7)56(96-48-40-88-32-24-80-16-8)64(68-63)72-62-54(94-46-38-86-30-22-78-14-6)53(60(67-62)70-58)93-45-37-85-29-21-77-13-5/h9-48H2,1-8H3,(H2,65,66,67,68,69,70,71,72). The van der Waals surface area contributed by atoms with E-state index in [0.29, 0.717) is 303 Å². The van der Waals surface area contributed by atoms with Crippen molar-refractivity contribution in [3.05, 3.63) is 23.3 Å². The van der Waals surface area contributed by atoms with Crippen molar-refractivity contribution in [3.63, 3.8) is 0 Å². The van der Waals surface area contributed by atoms with E-state index < -0.39 is 0 Å². The van der Waals surface area contributed by atoms with Gasteiger partial charge in [-0.05, 0) is 55.4 Å². The highest BCUT2D eigenvalue weighted by atomic mass is 32.2. The van der Waals surface area contributed by atoms with E-state index in [4.69, 9.17) is 106 Å². The number of ether oxygens (including phenoxy) is 16. The van der Waals surface area contributed by atoms with Crippen LogP contribution >= 0.6 is 94.1 Å². The van der Waals surface area contributed by atoms with Gasteiger partial charge in [-0.1, -0.05) is 0 Å². The predicted octanol–water partition coefficient (Wildman–Crippen LogP) is 11.3. The van der Waals surface area contributed by atoms with Gasteiger partial charge in [0.1, 0.15) is 22.6 Å². The van der Waals surface area contributed by atoms with Gasteiger partial charge in [-0.25, -0.2) is 29.9 Å². The number of H-pyrrole nitrogens is 2. The van der Waals surface area contributed by atoms with Crippen molar-refractivity contribution >= 4 is 136 Å². The van der Waals surface area contributed by atoms with E-state index in [-0.39, 0.29) is 0 Å². The Morgan fingerprint density at radius 3 is 0.562 bits per heavy atom. The van der Waals surface area contributed by atoms with Crippen LogP contribution in [0.25, 0.3) is 42.2 Å². The molecule has 5 rings (SSSR count). The molecule has 24 nitrogen and oxygen atoms in total. The zero-order valence-corrected chi connectivity index (χ0v) is 64.3. The SMILES string of the molecule is CCOCCOCCSC1=C(SCCOCCOCC)c2nc1nc1nc(nc3[nH]c(nc4[nH]c(n2)c(SCCOCCOCC)c4SCCOCCOCC)c(SCCOCCOCC)c3SCCOCCOCC)C(SCCOCCOCC)=C1SCCOCCOCC. The van der Waals surface area contributed by atoms with Crippen LogP contribution in [0.5, 0.6) is 0 Å². The summed E-state index contributed by atoms with van der Waals surface area (Å²) in [4.78, 5) is 47.8. The molecule has 2 aliphatic rings. The maximum Gasteiger partial charge on any atom is 0.171 e. The molecular formula is C64H106N8O16S8. The number of aromatic amines is 2. The third-order valence-electron chi connectivity index (χ3n) is 12.7. The number of fused-ring (bicyclic) bond motifs is 8. The Bertz CT molecular complexity index is 2590. The third kappa shape index (κ3) is 34.2. The summed E-state index contributed by atoms with van der Waals surface area (Å²) in [5.41, 5.74) is 2.36. The minimum absolute atomic E-state index is 0.457. The topological polar surface area (TPSA) is 257 Å². The van der Waals surface area contributed by atoms with Crippen LogP contribution in [0.3, 0.4) is 0 Å². The van der Waals surface area contributed by atoms with Crippen LogP contribution in [0, 0.1) is 0 Å². The van der Waals surface area contributed by atoms with Crippen molar-refractivity contribution in [3.8, 4) is 0 Å². The minimum atomic E-state index is 0.457. The van der Waals surface area contributed by atoms with Gasteiger partial charge in [0, 0.05) is 98.9 Å². The molecule has 0 spiro atoms. The summed E-state index contributed by atoms with van der Waals surface area (Å²) >= 11 is 13.1. The van der Waals surface area contributed by atoms with Crippen LogP contribution in [0.2, 0.25) is 0 Å². The molecule has 2 N–H and O–H groups in total. The highest BCUT2D eigenvalue weighted by molar-refractivity contribution is 8.14. The van der Waals surface area contributed by atoms with Crippen molar-refractivity contribution in [2.24, 2.45) is 0 Å². The Balaban J connectivity index is 1.90. The summed E-state index contributed by atoms with van der Waals surface area (Å²) in [6, 6.07) is 0. The molecule has 0 aliphatic carbocycles. The van der Waals surface area contributed by atoms with Crippen LogP contribution in [0.4, 0.5) is 0 Å². The normalized spacial score (nSPS) is 12.7. The molecular weight excluding hydrogens is 1390 g/mol. The minimum Gasteiger partial charge on any atom is -0.379 e. The summed E-state index contributed by atoms with van der Waals surface area (Å²) in [7, 11) is 0. The molecule has 0 atom stereocenters. The molecule has 546 valence electrons. The number of hydrogen-bond acceptors (Lipinski definition) is 30. The highest BCUT2D eigenvalue weighted by Gasteiger charge is 2.30. The van der Waals surface area contributed by atoms with E-state index in [9.17, 15) is 0 Å². The van der Waals surface area contributed by atoms with Gasteiger partial charge in [0.2, 0.25) is 0 Å². The molecule has 0 amide bonds. The van der Waals surface area contributed by atoms with Gasteiger partial charge in [0.25, 0.3) is 0 Å². The lowest BCUT2D eigenvalue weighted by Gasteiger charge is -2.10. The molecule has 0 aromatic carbocycles. The van der Waals surface area contributed by atoms with Crippen molar-refractivity contribution in [1.82, 2.24) is 39.9 Å². The number of hydrogen-bond donors (Lipinski definition) is 2. The largest absolute Gasteiger partial charge is 0.379 e. The Morgan fingerprint density at radius 1 is 0.198 bits per heavy atom. The number of aromatic nitrogens is 8. The maximum absolute atomic E-state index is 6.14. The molecule has 96 heavy (non-hydrogen) atoms. The van der Waals surface area contributed by atoms with Gasteiger partial charge in [-0.2, -0.15) is 0 Å². The Labute approximate surface area is 603 Å². The average molecular weight is 1500 g/mol. The van der Waals surface area contributed by atoms with Crippen LogP contribution in [-0.2, 0) is 75.8 Å². The molecule has 2 aliphatic heterocycles. The van der Waals surface area contributed by atoms with E-state index >= 15 is 0 Å². The van der Waals surface area contributed by atoms with Gasteiger partial charge in [-0.3, -0.25) is 0 Å². The lowest BCUT2D eigenvalue weighted by molar-refractivity contribution is 0.0594. The van der Waals surface area contributed by atoms with E-state index in [0.717, 1.165) is 39.2 Å². The molecule has 32 heteroatoms. The van der Waals surface area contributed by atoms with E-state index in [1.807, 2.05) is 55.4 Å². The van der Waals surface area contributed by atoms with Crippen molar-refractivity contribution in [2.45, 2.75) is 75.0 Å². The Hall–Kier alpha value is -1.52. The molecule has 0 unspecified atom stereocenters. The molecule has 3 aromatic rings. The predicted molar refractivity (Wildman–Crippen MR) is 397 cm³/mol. The van der Waals surface area contributed by atoms with Crippen LogP contribution in [0.15, 0.2) is 19.6 Å². The van der Waals surface area contributed by atoms with Crippen molar-refractivity contribution < 1.29 is 75.8 Å². The van der Waals surface area contributed by atoms with Crippen LogP contribution in [0.1, 0.15) is 78.7 Å². The second-order valence-corrected chi connectivity index (χ2v) is 28.3. The number of rotatable bonds is 64. The fraction of sp³-hybridized carbons (Fsp3) is 0.750. The Morgan fingerprint density at radius 2 is 0.365 bits per heavy atom. The van der Waals surface area contributed by atoms with Gasteiger partial charge in [0.15, 0.2) is 23.3 Å². The highest BCUT2D eigenvalue weighted by Crippen LogP contribution is 2.47. The second-order valence-electron chi connectivity index (χ2n) is 19.5. The molecule has 0 saturated heterocycles. The fourth-order valence-corrected chi connectivity index (χ4v) is 16.6. The van der Waals surface area contributed by atoms with Crippen LogP contribution in [-0.4, -0.2) is 297 Å². The zero-order valence-electron chi connectivity index (χ0n) is 57.8. The van der Waals surface area contributed by atoms with E-state index in [2.05, 4.69) is 9.97 Å².